The quantitative estimate of drug-likeness (QED) is 0.803. The van der Waals surface area contributed by atoms with Crippen LogP contribution in [0.5, 0.6) is 0 Å². The summed E-state index contributed by atoms with van der Waals surface area (Å²) in [6.07, 6.45) is 3.96. The van der Waals surface area contributed by atoms with Crippen molar-refractivity contribution in [2.45, 2.75) is 37.0 Å². The third kappa shape index (κ3) is 5.16. The summed E-state index contributed by atoms with van der Waals surface area (Å²) in [4.78, 5) is 24.9. The van der Waals surface area contributed by atoms with Gasteiger partial charge in [-0.1, -0.05) is 30.3 Å². The largest absolute Gasteiger partial charge is 0.465 e. The third-order valence-corrected chi connectivity index (χ3v) is 5.33. The Balaban J connectivity index is 1.79. The lowest BCUT2D eigenvalue weighted by molar-refractivity contribution is -0.121. The van der Waals surface area contributed by atoms with Crippen molar-refractivity contribution in [2.75, 3.05) is 19.3 Å². The Bertz CT molecular complexity index is 524. The molecule has 126 valence electrons. The van der Waals surface area contributed by atoms with Crippen molar-refractivity contribution >= 4 is 23.8 Å². The van der Waals surface area contributed by atoms with Crippen molar-refractivity contribution < 1.29 is 14.7 Å². The first-order valence-electron chi connectivity index (χ1n) is 7.95. The molecule has 0 radical (unpaired) electrons. The van der Waals surface area contributed by atoms with Gasteiger partial charge in [0.15, 0.2) is 0 Å². The van der Waals surface area contributed by atoms with Gasteiger partial charge in [-0.2, -0.15) is 11.8 Å². The summed E-state index contributed by atoms with van der Waals surface area (Å²) < 4.78 is 0. The van der Waals surface area contributed by atoms with Gasteiger partial charge in [0.25, 0.3) is 0 Å². The SMILES string of the molecule is CSC(CC(=O)NCCc1ccccc1)C1CCCN1C(=O)O. The summed E-state index contributed by atoms with van der Waals surface area (Å²) in [5.74, 6) is -0.00230. The van der Waals surface area contributed by atoms with Crippen LogP contribution in [0.2, 0.25) is 0 Å². The standard InChI is InChI=1S/C17H24N2O3S/c1-23-15(14-8-5-11-19(14)17(21)22)12-16(20)18-10-9-13-6-3-2-4-7-13/h2-4,6-7,14-15H,5,8-12H2,1H3,(H,18,20)(H,21,22). The zero-order valence-corrected chi connectivity index (χ0v) is 14.2. The first-order chi connectivity index (χ1) is 11.1. The third-order valence-electron chi connectivity index (χ3n) is 4.24. The number of likely N-dealkylation sites (tertiary alicyclic amines) is 1. The van der Waals surface area contributed by atoms with Crippen molar-refractivity contribution in [3.05, 3.63) is 35.9 Å². The Morgan fingerprint density at radius 1 is 1.39 bits per heavy atom. The highest BCUT2D eigenvalue weighted by Crippen LogP contribution is 2.28. The smallest absolute Gasteiger partial charge is 0.407 e. The molecule has 1 aliphatic heterocycles. The molecule has 2 N–H and O–H groups in total. The molecule has 0 bridgehead atoms. The van der Waals surface area contributed by atoms with Crippen LogP contribution in [0.4, 0.5) is 4.79 Å². The van der Waals surface area contributed by atoms with Crippen molar-refractivity contribution in [3.63, 3.8) is 0 Å². The number of nitrogens with one attached hydrogen (secondary N) is 1. The van der Waals surface area contributed by atoms with Crippen LogP contribution in [-0.4, -0.2) is 52.6 Å². The maximum Gasteiger partial charge on any atom is 0.407 e. The number of hydrogen-bond acceptors (Lipinski definition) is 3. The van der Waals surface area contributed by atoms with Gasteiger partial charge in [0, 0.05) is 30.8 Å². The average Bonchev–Trinajstić information content (AvgIpc) is 3.03. The Kier molecular flexibility index (Phi) is 6.77. The summed E-state index contributed by atoms with van der Waals surface area (Å²) in [6.45, 7) is 1.18. The van der Waals surface area contributed by atoms with Crippen molar-refractivity contribution in [1.82, 2.24) is 10.2 Å². The molecule has 2 atom stereocenters. The van der Waals surface area contributed by atoms with Crippen LogP contribution in [0.1, 0.15) is 24.8 Å². The van der Waals surface area contributed by atoms with Gasteiger partial charge in [0.05, 0.1) is 0 Å². The number of amides is 2. The fraction of sp³-hybridized carbons (Fsp3) is 0.529. The van der Waals surface area contributed by atoms with Gasteiger partial charge in [0.2, 0.25) is 5.91 Å². The molecule has 1 saturated heterocycles. The molecule has 0 aliphatic carbocycles. The van der Waals surface area contributed by atoms with E-state index in [1.165, 1.54) is 10.5 Å². The number of carbonyl (C=O) groups is 2. The number of nitrogens with zero attached hydrogens (tertiary/aromatic N) is 1. The van der Waals surface area contributed by atoms with E-state index in [2.05, 4.69) is 5.32 Å². The molecular weight excluding hydrogens is 312 g/mol. The highest BCUT2D eigenvalue weighted by atomic mass is 32.2. The van der Waals surface area contributed by atoms with Gasteiger partial charge in [-0.05, 0) is 31.1 Å². The fourth-order valence-electron chi connectivity index (χ4n) is 3.04. The zero-order chi connectivity index (χ0) is 16.7. The number of rotatable bonds is 7. The number of benzene rings is 1. The zero-order valence-electron chi connectivity index (χ0n) is 13.4. The second kappa shape index (κ2) is 8.82. The predicted octanol–water partition coefficient (Wildman–Crippen LogP) is 2.61. The summed E-state index contributed by atoms with van der Waals surface area (Å²) in [6, 6.07) is 9.98. The maximum absolute atomic E-state index is 12.1. The van der Waals surface area contributed by atoms with Crippen molar-refractivity contribution in [2.24, 2.45) is 0 Å². The molecule has 2 unspecified atom stereocenters. The topological polar surface area (TPSA) is 69.6 Å². The van der Waals surface area contributed by atoms with Gasteiger partial charge in [-0.3, -0.25) is 4.79 Å². The number of thioether (sulfide) groups is 1. The molecule has 2 amide bonds. The highest BCUT2D eigenvalue weighted by molar-refractivity contribution is 7.99. The van der Waals surface area contributed by atoms with Crippen molar-refractivity contribution in [3.8, 4) is 0 Å². The van der Waals surface area contributed by atoms with Crippen LogP contribution in [0.25, 0.3) is 0 Å². The molecular formula is C17H24N2O3S. The van der Waals surface area contributed by atoms with E-state index in [4.69, 9.17) is 0 Å². The molecule has 2 rings (SSSR count). The van der Waals surface area contributed by atoms with Gasteiger partial charge < -0.3 is 15.3 Å². The number of hydrogen-bond donors (Lipinski definition) is 2. The molecule has 0 aromatic heterocycles. The second-order valence-electron chi connectivity index (χ2n) is 5.75. The van der Waals surface area contributed by atoms with E-state index >= 15 is 0 Å². The van der Waals surface area contributed by atoms with E-state index in [1.807, 2.05) is 36.6 Å². The van der Waals surface area contributed by atoms with Gasteiger partial charge >= 0.3 is 6.09 Å². The lowest BCUT2D eigenvalue weighted by Gasteiger charge is -2.28. The molecule has 0 saturated carbocycles. The first kappa shape index (κ1) is 17.7. The molecule has 1 fully saturated rings. The minimum atomic E-state index is -0.879. The van der Waals surface area contributed by atoms with E-state index in [0.717, 1.165) is 19.3 Å². The minimum absolute atomic E-state index is 0.00230. The second-order valence-corrected chi connectivity index (χ2v) is 6.83. The normalized spacial score (nSPS) is 18.7. The van der Waals surface area contributed by atoms with Crippen molar-refractivity contribution in [1.29, 1.82) is 0 Å². The van der Waals surface area contributed by atoms with Crippen LogP contribution in [-0.2, 0) is 11.2 Å². The van der Waals surface area contributed by atoms with Gasteiger partial charge in [-0.25, -0.2) is 4.79 Å². The molecule has 1 aromatic rings. The Hall–Kier alpha value is -1.69. The van der Waals surface area contributed by atoms with E-state index in [9.17, 15) is 14.7 Å². The van der Waals surface area contributed by atoms with Gasteiger partial charge in [0.1, 0.15) is 0 Å². The van der Waals surface area contributed by atoms with E-state index in [1.54, 1.807) is 11.8 Å². The Labute approximate surface area is 141 Å². The van der Waals surface area contributed by atoms with Crippen LogP contribution >= 0.6 is 11.8 Å². The predicted molar refractivity (Wildman–Crippen MR) is 92.8 cm³/mol. The monoisotopic (exact) mass is 336 g/mol. The number of carboxylic acid groups (broad SMARTS) is 1. The summed E-state index contributed by atoms with van der Waals surface area (Å²) >= 11 is 1.58. The van der Waals surface area contributed by atoms with Crippen LogP contribution in [0.3, 0.4) is 0 Å². The molecule has 0 spiro atoms. The molecule has 1 heterocycles. The Morgan fingerprint density at radius 3 is 2.78 bits per heavy atom. The molecule has 1 aliphatic rings. The first-order valence-corrected chi connectivity index (χ1v) is 9.23. The molecule has 5 nitrogen and oxygen atoms in total. The maximum atomic E-state index is 12.1. The number of carbonyl (C=O) groups excluding carboxylic acids is 1. The van der Waals surface area contributed by atoms with Crippen LogP contribution < -0.4 is 5.32 Å². The molecule has 23 heavy (non-hydrogen) atoms. The van der Waals surface area contributed by atoms with E-state index < -0.39 is 6.09 Å². The summed E-state index contributed by atoms with van der Waals surface area (Å²) in [5.41, 5.74) is 1.20. The molecule has 6 heteroatoms. The average molecular weight is 336 g/mol. The van der Waals surface area contributed by atoms with E-state index in [-0.39, 0.29) is 17.2 Å². The van der Waals surface area contributed by atoms with E-state index in [0.29, 0.717) is 19.5 Å². The lowest BCUT2D eigenvalue weighted by atomic mass is 10.1. The summed E-state index contributed by atoms with van der Waals surface area (Å²) in [7, 11) is 0. The lowest BCUT2D eigenvalue weighted by Crippen LogP contribution is -2.42. The van der Waals surface area contributed by atoms with Crippen LogP contribution in [0, 0.1) is 0 Å². The van der Waals surface area contributed by atoms with Gasteiger partial charge in [-0.15, -0.1) is 0 Å². The Morgan fingerprint density at radius 2 is 2.13 bits per heavy atom. The van der Waals surface area contributed by atoms with Crippen LogP contribution in [0.15, 0.2) is 30.3 Å². The molecule has 1 aromatic carbocycles. The minimum Gasteiger partial charge on any atom is -0.465 e. The summed E-state index contributed by atoms with van der Waals surface area (Å²) in [5, 5.41) is 12.2. The fourth-order valence-corrected chi connectivity index (χ4v) is 3.95. The highest BCUT2D eigenvalue weighted by Gasteiger charge is 2.35.